The number of hydrogen-bond acceptors (Lipinski definition) is 4. The highest BCUT2D eigenvalue weighted by Gasteiger charge is 2.27. The zero-order valence-corrected chi connectivity index (χ0v) is 19.7. The van der Waals surface area contributed by atoms with Gasteiger partial charge in [-0.25, -0.2) is 4.79 Å². The Bertz CT molecular complexity index is 629. The van der Waals surface area contributed by atoms with E-state index in [1.165, 1.54) is 51.4 Å². The Morgan fingerprint density at radius 1 is 0.806 bits per heavy atom. The molecule has 4 nitrogen and oxygen atoms in total. The molecule has 0 spiro atoms. The molecule has 0 atom stereocenters. The quantitative estimate of drug-likeness (QED) is 0.174. The number of hydrogen-bond donors (Lipinski definition) is 0. The minimum atomic E-state index is -0.312. The monoisotopic (exact) mass is 430 g/mol. The van der Waals surface area contributed by atoms with Crippen molar-refractivity contribution in [2.75, 3.05) is 6.61 Å². The predicted molar refractivity (Wildman–Crippen MR) is 125 cm³/mol. The van der Waals surface area contributed by atoms with Crippen molar-refractivity contribution in [1.29, 1.82) is 0 Å². The molecule has 0 aliphatic heterocycles. The summed E-state index contributed by atoms with van der Waals surface area (Å²) in [5, 5.41) is 0. The van der Waals surface area contributed by atoms with Gasteiger partial charge in [0, 0.05) is 0 Å². The minimum absolute atomic E-state index is 0.00407. The van der Waals surface area contributed by atoms with Crippen molar-refractivity contribution in [2.45, 2.75) is 104 Å². The van der Waals surface area contributed by atoms with Crippen LogP contribution in [0.3, 0.4) is 0 Å². The van der Waals surface area contributed by atoms with Gasteiger partial charge in [0.25, 0.3) is 0 Å². The van der Waals surface area contributed by atoms with Crippen molar-refractivity contribution >= 4 is 11.9 Å². The smallest absolute Gasteiger partial charge is 0.338 e. The van der Waals surface area contributed by atoms with E-state index in [2.05, 4.69) is 13.8 Å². The standard InChI is InChI=1S/C27H42O4/c1-3-5-7-8-9-11-21-30-26(28)23-17-19-25(20-18-23)31-27(29)24-15-13-22(14-16-24)12-10-6-4-2/h17-20,22,24H,3-16,21H2,1-2H3. The number of benzene rings is 1. The molecule has 0 N–H and O–H groups in total. The van der Waals surface area contributed by atoms with Crippen molar-refractivity contribution in [2.24, 2.45) is 11.8 Å². The molecule has 4 heteroatoms. The zero-order chi connectivity index (χ0) is 22.3. The Kier molecular flexibility index (Phi) is 12.3. The maximum atomic E-state index is 12.5. The molecule has 0 saturated heterocycles. The fourth-order valence-electron chi connectivity index (χ4n) is 4.36. The summed E-state index contributed by atoms with van der Waals surface area (Å²) in [5.41, 5.74) is 0.498. The minimum Gasteiger partial charge on any atom is -0.462 e. The van der Waals surface area contributed by atoms with Crippen molar-refractivity contribution in [3.05, 3.63) is 29.8 Å². The largest absolute Gasteiger partial charge is 0.462 e. The molecule has 1 saturated carbocycles. The van der Waals surface area contributed by atoms with Crippen LogP contribution in [0.2, 0.25) is 0 Å². The lowest BCUT2D eigenvalue weighted by Crippen LogP contribution is -2.25. The number of unbranched alkanes of at least 4 members (excludes halogenated alkanes) is 7. The van der Waals surface area contributed by atoms with E-state index in [9.17, 15) is 9.59 Å². The van der Waals surface area contributed by atoms with E-state index >= 15 is 0 Å². The van der Waals surface area contributed by atoms with Crippen LogP contribution in [0, 0.1) is 11.8 Å². The van der Waals surface area contributed by atoms with Crippen molar-refractivity contribution in [3.8, 4) is 5.75 Å². The van der Waals surface area contributed by atoms with Crippen LogP contribution in [-0.4, -0.2) is 18.5 Å². The van der Waals surface area contributed by atoms with Crippen LogP contribution in [0.25, 0.3) is 0 Å². The average Bonchev–Trinajstić information content (AvgIpc) is 2.79. The number of carbonyl (C=O) groups is 2. The third kappa shape index (κ3) is 9.88. The molecule has 0 radical (unpaired) electrons. The van der Waals surface area contributed by atoms with Gasteiger partial charge in [0.05, 0.1) is 18.1 Å². The van der Waals surface area contributed by atoms with E-state index < -0.39 is 0 Å². The van der Waals surface area contributed by atoms with Gasteiger partial charge in [-0.2, -0.15) is 0 Å². The van der Waals surface area contributed by atoms with Crippen LogP contribution in [0.5, 0.6) is 5.75 Å². The van der Waals surface area contributed by atoms with Crippen LogP contribution in [-0.2, 0) is 9.53 Å². The van der Waals surface area contributed by atoms with Crippen LogP contribution >= 0.6 is 0 Å². The lowest BCUT2D eigenvalue weighted by atomic mass is 9.80. The Balaban J connectivity index is 1.66. The van der Waals surface area contributed by atoms with E-state index in [1.54, 1.807) is 24.3 Å². The van der Waals surface area contributed by atoms with Gasteiger partial charge >= 0.3 is 11.9 Å². The van der Waals surface area contributed by atoms with E-state index in [-0.39, 0.29) is 17.9 Å². The molecule has 1 aromatic rings. The van der Waals surface area contributed by atoms with E-state index in [0.717, 1.165) is 44.4 Å². The maximum Gasteiger partial charge on any atom is 0.338 e. The van der Waals surface area contributed by atoms with Gasteiger partial charge in [-0.05, 0) is 62.3 Å². The van der Waals surface area contributed by atoms with Crippen LogP contribution in [0.4, 0.5) is 0 Å². The second kappa shape index (κ2) is 15.0. The van der Waals surface area contributed by atoms with E-state index in [1.807, 2.05) is 0 Å². The number of esters is 2. The highest BCUT2D eigenvalue weighted by molar-refractivity contribution is 5.89. The Hall–Kier alpha value is -1.84. The molecule has 0 unspecified atom stereocenters. The second-order valence-corrected chi connectivity index (χ2v) is 9.06. The molecule has 0 bridgehead atoms. The molecule has 1 aliphatic rings. The van der Waals surface area contributed by atoms with Gasteiger partial charge in [-0.1, -0.05) is 71.6 Å². The molecule has 0 amide bonds. The maximum absolute atomic E-state index is 12.5. The summed E-state index contributed by atoms with van der Waals surface area (Å²) in [6.45, 7) is 4.90. The topological polar surface area (TPSA) is 52.6 Å². The molecule has 2 rings (SSSR count). The highest BCUT2D eigenvalue weighted by atomic mass is 16.5. The zero-order valence-electron chi connectivity index (χ0n) is 19.7. The van der Waals surface area contributed by atoms with Gasteiger partial charge in [0.15, 0.2) is 0 Å². The fraction of sp³-hybridized carbons (Fsp3) is 0.704. The molecular formula is C27H42O4. The number of ether oxygens (including phenoxy) is 2. The van der Waals surface area contributed by atoms with Gasteiger partial charge in [-0.15, -0.1) is 0 Å². The molecule has 1 aromatic carbocycles. The van der Waals surface area contributed by atoms with Crippen LogP contribution < -0.4 is 4.74 Å². The summed E-state index contributed by atoms with van der Waals surface area (Å²) in [6, 6.07) is 6.74. The highest BCUT2D eigenvalue weighted by Crippen LogP contribution is 2.33. The molecule has 1 fully saturated rings. The van der Waals surface area contributed by atoms with Gasteiger partial charge in [0.1, 0.15) is 5.75 Å². The third-order valence-corrected chi connectivity index (χ3v) is 6.44. The molecule has 1 aliphatic carbocycles. The molecule has 0 heterocycles. The van der Waals surface area contributed by atoms with E-state index in [4.69, 9.17) is 9.47 Å². The van der Waals surface area contributed by atoms with Gasteiger partial charge in [0.2, 0.25) is 0 Å². The first-order valence-corrected chi connectivity index (χ1v) is 12.6. The van der Waals surface area contributed by atoms with Crippen molar-refractivity contribution in [3.63, 3.8) is 0 Å². The SMILES string of the molecule is CCCCCCCCOC(=O)c1ccc(OC(=O)C2CCC(CCCCC)CC2)cc1. The molecule has 174 valence electrons. The normalized spacial score (nSPS) is 18.5. The summed E-state index contributed by atoms with van der Waals surface area (Å²) in [7, 11) is 0. The number of carbonyl (C=O) groups excluding carboxylic acids is 2. The summed E-state index contributed by atoms with van der Waals surface area (Å²) < 4.78 is 10.9. The average molecular weight is 431 g/mol. The first-order chi connectivity index (χ1) is 15.1. The van der Waals surface area contributed by atoms with Crippen molar-refractivity contribution < 1.29 is 19.1 Å². The third-order valence-electron chi connectivity index (χ3n) is 6.44. The first kappa shape index (κ1) is 25.4. The van der Waals surface area contributed by atoms with Gasteiger partial charge < -0.3 is 9.47 Å². The summed E-state index contributed by atoms with van der Waals surface area (Å²) in [6.07, 6.45) is 16.3. The van der Waals surface area contributed by atoms with E-state index in [0.29, 0.717) is 17.9 Å². The second-order valence-electron chi connectivity index (χ2n) is 9.06. The fourth-order valence-corrected chi connectivity index (χ4v) is 4.36. The Morgan fingerprint density at radius 3 is 2.10 bits per heavy atom. The Labute approximate surface area is 189 Å². The van der Waals surface area contributed by atoms with Crippen LogP contribution in [0.15, 0.2) is 24.3 Å². The predicted octanol–water partition coefficient (Wildman–Crippen LogP) is 7.50. The molecular weight excluding hydrogens is 388 g/mol. The molecule has 0 aromatic heterocycles. The molecule has 31 heavy (non-hydrogen) atoms. The summed E-state index contributed by atoms with van der Waals surface area (Å²) in [5.74, 6) is 0.836. The van der Waals surface area contributed by atoms with Crippen molar-refractivity contribution in [1.82, 2.24) is 0 Å². The van der Waals surface area contributed by atoms with Gasteiger partial charge in [-0.3, -0.25) is 4.79 Å². The Morgan fingerprint density at radius 2 is 1.42 bits per heavy atom. The lowest BCUT2D eigenvalue weighted by Gasteiger charge is -2.27. The summed E-state index contributed by atoms with van der Waals surface area (Å²) >= 11 is 0. The lowest BCUT2D eigenvalue weighted by molar-refractivity contribution is -0.140. The first-order valence-electron chi connectivity index (χ1n) is 12.6. The number of rotatable bonds is 14. The summed E-state index contributed by atoms with van der Waals surface area (Å²) in [4.78, 5) is 24.7. The van der Waals surface area contributed by atoms with Crippen LogP contribution in [0.1, 0.15) is 114 Å².